The monoisotopic (exact) mass is 742 g/mol. The Balaban J connectivity index is 1.15. The Morgan fingerprint density at radius 1 is 0.561 bits per heavy atom. The molecule has 278 valence electrons. The number of fused-ring (bicyclic) bond motifs is 11. The lowest BCUT2D eigenvalue weighted by Gasteiger charge is -2.45. The van der Waals surface area contributed by atoms with Crippen molar-refractivity contribution in [2.45, 2.75) is 57.8 Å². The number of para-hydroxylation sites is 2. The van der Waals surface area contributed by atoms with Crippen molar-refractivity contribution in [2.75, 3.05) is 0 Å². The molecule has 6 nitrogen and oxygen atoms in total. The highest BCUT2D eigenvalue weighted by Crippen LogP contribution is 2.60. The average Bonchev–Trinajstić information content (AvgIpc) is 3.79. The summed E-state index contributed by atoms with van der Waals surface area (Å²) in [5, 5.41) is 2.32. The van der Waals surface area contributed by atoms with Gasteiger partial charge in [-0.3, -0.25) is 9.13 Å². The fourth-order valence-corrected chi connectivity index (χ4v) is 9.27. The smallest absolute Gasteiger partial charge is 0.137 e. The predicted octanol–water partition coefficient (Wildman–Crippen LogP) is 12.7. The third-order valence-electron chi connectivity index (χ3n) is 12.1. The Bertz CT molecular complexity index is 3040. The molecule has 2 aliphatic heterocycles. The number of aromatic nitrogens is 4. The lowest BCUT2D eigenvalue weighted by Crippen LogP contribution is -2.38. The maximum Gasteiger partial charge on any atom is 0.137 e. The molecular formula is C51H42N4O2. The van der Waals surface area contributed by atoms with E-state index < -0.39 is 5.41 Å². The first kappa shape index (κ1) is 33.7. The van der Waals surface area contributed by atoms with Crippen LogP contribution in [0, 0.1) is 0 Å². The van der Waals surface area contributed by atoms with Crippen LogP contribution in [-0.2, 0) is 16.2 Å². The Morgan fingerprint density at radius 2 is 1.25 bits per heavy atom. The SMILES string of the molecule is CC(C)(C)c1ccc2c(c1)C1(c3cc(C(C)(C)C)ccc3O2)c2ccc(Oc3ccc4c5ccccc5n(-c5ccccn5)c4c3)cc2-n2cnc3cccc1c32. The molecule has 0 unspecified atom stereocenters. The van der Waals surface area contributed by atoms with Crippen molar-refractivity contribution in [2.24, 2.45) is 0 Å². The zero-order valence-corrected chi connectivity index (χ0v) is 33.0. The van der Waals surface area contributed by atoms with Crippen LogP contribution < -0.4 is 9.47 Å². The summed E-state index contributed by atoms with van der Waals surface area (Å²) in [5.74, 6) is 4.09. The minimum atomic E-state index is -0.697. The Morgan fingerprint density at radius 3 is 1.96 bits per heavy atom. The molecule has 57 heavy (non-hydrogen) atoms. The van der Waals surface area contributed by atoms with Crippen LogP contribution in [0.3, 0.4) is 0 Å². The van der Waals surface area contributed by atoms with Gasteiger partial charge in [-0.15, -0.1) is 0 Å². The molecule has 6 heteroatoms. The molecular weight excluding hydrogens is 701 g/mol. The number of nitrogens with zero attached hydrogens (tertiary/aromatic N) is 4. The van der Waals surface area contributed by atoms with E-state index in [-0.39, 0.29) is 10.8 Å². The maximum atomic E-state index is 6.87. The second kappa shape index (κ2) is 11.7. The first-order chi connectivity index (χ1) is 27.5. The van der Waals surface area contributed by atoms with Crippen molar-refractivity contribution in [1.29, 1.82) is 0 Å². The number of benzene rings is 6. The molecule has 0 saturated heterocycles. The summed E-state index contributed by atoms with van der Waals surface area (Å²) >= 11 is 0. The number of hydrogen-bond acceptors (Lipinski definition) is 4. The number of imidazole rings is 1. The second-order valence-corrected chi connectivity index (χ2v) is 17.6. The fraction of sp³-hybridized carbons (Fsp3) is 0.176. The summed E-state index contributed by atoms with van der Waals surface area (Å²) in [6, 6.07) is 47.5. The molecule has 0 fully saturated rings. The number of ether oxygens (including phenoxy) is 2. The Labute approximate surface area is 332 Å². The predicted molar refractivity (Wildman–Crippen MR) is 229 cm³/mol. The minimum absolute atomic E-state index is 0.0733. The van der Waals surface area contributed by atoms with E-state index in [1.807, 2.05) is 30.7 Å². The lowest BCUT2D eigenvalue weighted by molar-refractivity contribution is 0.430. The van der Waals surface area contributed by atoms with Crippen LogP contribution in [0.25, 0.3) is 44.3 Å². The van der Waals surface area contributed by atoms with Crippen LogP contribution in [0.5, 0.6) is 23.0 Å². The number of pyridine rings is 1. The molecule has 9 aromatic rings. The molecule has 0 atom stereocenters. The number of rotatable bonds is 3. The molecule has 0 aliphatic carbocycles. The van der Waals surface area contributed by atoms with Crippen LogP contribution in [0.1, 0.15) is 74.9 Å². The van der Waals surface area contributed by atoms with Crippen molar-refractivity contribution < 1.29 is 9.47 Å². The van der Waals surface area contributed by atoms with Gasteiger partial charge in [0, 0.05) is 40.2 Å². The van der Waals surface area contributed by atoms with Gasteiger partial charge in [0.15, 0.2) is 0 Å². The summed E-state index contributed by atoms with van der Waals surface area (Å²) in [6.45, 7) is 13.7. The van der Waals surface area contributed by atoms with Crippen molar-refractivity contribution >= 4 is 32.8 Å². The maximum absolute atomic E-state index is 6.87. The zero-order valence-electron chi connectivity index (χ0n) is 33.0. The van der Waals surface area contributed by atoms with Gasteiger partial charge in [-0.05, 0) is 99.8 Å². The summed E-state index contributed by atoms with van der Waals surface area (Å²) in [7, 11) is 0. The molecule has 6 aromatic carbocycles. The van der Waals surface area contributed by atoms with Gasteiger partial charge in [0.1, 0.15) is 35.1 Å². The normalized spacial score (nSPS) is 14.1. The van der Waals surface area contributed by atoms with E-state index in [2.05, 4.69) is 166 Å². The van der Waals surface area contributed by atoms with Gasteiger partial charge in [0.2, 0.25) is 0 Å². The second-order valence-electron chi connectivity index (χ2n) is 17.6. The van der Waals surface area contributed by atoms with Gasteiger partial charge >= 0.3 is 0 Å². The van der Waals surface area contributed by atoms with E-state index in [4.69, 9.17) is 19.4 Å². The zero-order chi connectivity index (χ0) is 38.8. The first-order valence-corrected chi connectivity index (χ1v) is 19.7. The Kier molecular flexibility index (Phi) is 6.90. The molecule has 0 saturated carbocycles. The van der Waals surface area contributed by atoms with E-state index in [1.165, 1.54) is 22.1 Å². The lowest BCUT2D eigenvalue weighted by atomic mass is 9.60. The summed E-state index contributed by atoms with van der Waals surface area (Å²) in [4.78, 5) is 9.71. The molecule has 11 rings (SSSR count). The molecule has 1 spiro atoms. The topological polar surface area (TPSA) is 54.1 Å². The van der Waals surface area contributed by atoms with Crippen molar-refractivity contribution in [3.05, 3.63) is 179 Å². The van der Waals surface area contributed by atoms with E-state index >= 15 is 0 Å². The number of hydrogen-bond donors (Lipinski definition) is 0. The van der Waals surface area contributed by atoms with Gasteiger partial charge in [-0.1, -0.05) is 96.1 Å². The van der Waals surface area contributed by atoms with E-state index in [9.17, 15) is 0 Å². The molecule has 0 amide bonds. The summed E-state index contributed by atoms with van der Waals surface area (Å²) in [5.41, 5.74) is 11.5. The molecule has 0 radical (unpaired) electrons. The van der Waals surface area contributed by atoms with Crippen molar-refractivity contribution in [3.63, 3.8) is 0 Å². The average molecular weight is 743 g/mol. The van der Waals surface area contributed by atoms with Crippen LogP contribution in [0.4, 0.5) is 0 Å². The van der Waals surface area contributed by atoms with Crippen LogP contribution in [-0.4, -0.2) is 19.1 Å². The van der Waals surface area contributed by atoms with E-state index in [0.717, 1.165) is 78.6 Å². The van der Waals surface area contributed by atoms with Crippen molar-refractivity contribution in [3.8, 4) is 34.5 Å². The highest BCUT2D eigenvalue weighted by atomic mass is 16.5. The van der Waals surface area contributed by atoms with Crippen LogP contribution >= 0.6 is 0 Å². The van der Waals surface area contributed by atoms with E-state index in [0.29, 0.717) is 0 Å². The van der Waals surface area contributed by atoms with Gasteiger partial charge in [-0.2, -0.15) is 0 Å². The van der Waals surface area contributed by atoms with Gasteiger partial charge in [-0.25, -0.2) is 9.97 Å². The first-order valence-electron chi connectivity index (χ1n) is 19.7. The fourth-order valence-electron chi connectivity index (χ4n) is 9.27. The van der Waals surface area contributed by atoms with Gasteiger partial charge in [0.05, 0.1) is 33.2 Å². The minimum Gasteiger partial charge on any atom is -0.457 e. The molecule has 5 heterocycles. The van der Waals surface area contributed by atoms with Gasteiger partial charge < -0.3 is 9.47 Å². The Hall–Kier alpha value is -6.66. The quantitative estimate of drug-likeness (QED) is 0.181. The standard InChI is InChI=1S/C51H42N4O2/c1-49(2,3)31-17-23-45-39(26-31)51(40-27-32(50(4,5)6)18-24-46(40)57-45)37-22-20-34(29-44(37)54-30-53-41-14-11-13-38(51)48(41)54)56-33-19-21-36-35-12-7-8-15-42(35)55(43(36)28-33)47-16-9-10-25-52-47/h7-30H,1-6H3. The van der Waals surface area contributed by atoms with E-state index in [1.54, 1.807) is 0 Å². The highest BCUT2D eigenvalue weighted by molar-refractivity contribution is 6.09. The molecule has 2 aliphatic rings. The summed E-state index contributed by atoms with van der Waals surface area (Å²) < 4.78 is 18.2. The third kappa shape index (κ3) is 4.83. The third-order valence-corrected chi connectivity index (χ3v) is 12.1. The largest absolute Gasteiger partial charge is 0.457 e. The summed E-state index contributed by atoms with van der Waals surface area (Å²) in [6.07, 6.45) is 3.80. The highest BCUT2D eigenvalue weighted by Gasteiger charge is 2.51. The van der Waals surface area contributed by atoms with Crippen LogP contribution in [0.15, 0.2) is 146 Å². The molecule has 0 N–H and O–H groups in total. The molecule has 3 aromatic heterocycles. The van der Waals surface area contributed by atoms with Crippen LogP contribution in [0.2, 0.25) is 0 Å². The van der Waals surface area contributed by atoms with Crippen molar-refractivity contribution in [1.82, 2.24) is 19.1 Å². The van der Waals surface area contributed by atoms with Gasteiger partial charge in [0.25, 0.3) is 0 Å². The molecule has 0 bridgehead atoms.